The summed E-state index contributed by atoms with van der Waals surface area (Å²) in [4.78, 5) is 15.1. The van der Waals surface area contributed by atoms with Gasteiger partial charge in [-0.05, 0) is 50.6 Å². The van der Waals surface area contributed by atoms with Gasteiger partial charge in [-0.25, -0.2) is 0 Å². The number of alkyl halides is 3. The van der Waals surface area contributed by atoms with Crippen LogP contribution in [-0.4, -0.2) is 43.9 Å². The second-order valence-electron chi connectivity index (χ2n) is 8.25. The molecule has 1 atom stereocenters. The summed E-state index contributed by atoms with van der Waals surface area (Å²) in [7, 11) is 0. The van der Waals surface area contributed by atoms with Crippen LogP contribution in [0.4, 0.5) is 18.9 Å². The molecule has 0 saturated carbocycles. The number of hydrogen-bond acceptors (Lipinski definition) is 5. The van der Waals surface area contributed by atoms with E-state index in [1.807, 2.05) is 34.9 Å². The molecule has 0 aliphatic carbocycles. The Labute approximate surface area is 200 Å². The molecule has 10 heteroatoms. The number of nitrogens with zero attached hydrogens (tertiary/aromatic N) is 4. The van der Waals surface area contributed by atoms with Gasteiger partial charge in [-0.2, -0.15) is 13.2 Å². The molecule has 1 unspecified atom stereocenters. The number of thioether (sulfide) groups is 1. The van der Waals surface area contributed by atoms with Crippen molar-refractivity contribution in [3.8, 4) is 0 Å². The van der Waals surface area contributed by atoms with Crippen LogP contribution in [0.15, 0.2) is 59.8 Å². The van der Waals surface area contributed by atoms with E-state index in [1.165, 1.54) is 30.0 Å². The number of amides is 1. The molecule has 0 radical (unpaired) electrons. The van der Waals surface area contributed by atoms with Crippen LogP contribution in [0.1, 0.15) is 36.7 Å². The zero-order valence-electron chi connectivity index (χ0n) is 18.8. The number of carbonyl (C=O) groups is 1. The van der Waals surface area contributed by atoms with Crippen LogP contribution in [0.3, 0.4) is 0 Å². The largest absolute Gasteiger partial charge is 0.418 e. The Kier molecular flexibility index (Phi) is 7.57. The fourth-order valence-corrected chi connectivity index (χ4v) is 4.74. The molecule has 34 heavy (non-hydrogen) atoms. The van der Waals surface area contributed by atoms with Crippen molar-refractivity contribution in [1.82, 2.24) is 19.7 Å². The van der Waals surface area contributed by atoms with Crippen LogP contribution in [0, 0.1) is 0 Å². The predicted molar refractivity (Wildman–Crippen MR) is 125 cm³/mol. The Morgan fingerprint density at radius 3 is 2.41 bits per heavy atom. The van der Waals surface area contributed by atoms with Crippen molar-refractivity contribution < 1.29 is 18.0 Å². The third-order valence-electron chi connectivity index (χ3n) is 5.68. The van der Waals surface area contributed by atoms with Crippen LogP contribution >= 0.6 is 11.8 Å². The van der Waals surface area contributed by atoms with Gasteiger partial charge in [0.15, 0.2) is 5.16 Å². The van der Waals surface area contributed by atoms with Gasteiger partial charge in [0.1, 0.15) is 5.82 Å². The molecule has 1 aromatic heterocycles. The third kappa shape index (κ3) is 5.98. The van der Waals surface area contributed by atoms with Crippen molar-refractivity contribution in [2.45, 2.75) is 49.4 Å². The number of halogens is 3. The lowest BCUT2D eigenvalue weighted by Crippen LogP contribution is -2.25. The lowest BCUT2D eigenvalue weighted by atomic mass is 10.1. The topological polar surface area (TPSA) is 63.1 Å². The molecule has 1 saturated heterocycles. The van der Waals surface area contributed by atoms with E-state index in [0.717, 1.165) is 43.4 Å². The molecule has 180 valence electrons. The van der Waals surface area contributed by atoms with E-state index in [-0.39, 0.29) is 5.69 Å². The second-order valence-corrected chi connectivity index (χ2v) is 9.55. The zero-order chi connectivity index (χ0) is 24.1. The van der Waals surface area contributed by atoms with Crippen LogP contribution in [0.2, 0.25) is 0 Å². The molecule has 0 spiro atoms. The molecule has 4 rings (SSSR count). The first-order valence-electron chi connectivity index (χ1n) is 11.1. The molecule has 1 amide bonds. The molecule has 1 N–H and O–H groups in total. The number of likely N-dealkylation sites (tertiary alicyclic amines) is 1. The Bertz CT molecular complexity index is 1110. The van der Waals surface area contributed by atoms with E-state index >= 15 is 0 Å². The molecule has 0 bridgehead atoms. The van der Waals surface area contributed by atoms with Gasteiger partial charge >= 0.3 is 6.18 Å². The SMILES string of the molecule is CC(Sc1nnc(CN2CCCC2)n1Cc1ccccc1)C(=O)Nc1ccccc1C(F)(F)F. The highest BCUT2D eigenvalue weighted by atomic mass is 32.2. The minimum atomic E-state index is -4.55. The van der Waals surface area contributed by atoms with Crippen LogP contribution < -0.4 is 5.32 Å². The molecule has 1 fully saturated rings. The zero-order valence-corrected chi connectivity index (χ0v) is 19.6. The summed E-state index contributed by atoms with van der Waals surface area (Å²) in [6.45, 7) is 4.89. The van der Waals surface area contributed by atoms with Crippen LogP contribution in [0.25, 0.3) is 0 Å². The standard InChI is InChI=1S/C24H26F3N5OS/c1-17(22(33)28-20-12-6-5-11-19(20)24(25,26)27)34-23-30-29-21(16-31-13-7-8-14-31)32(23)15-18-9-3-2-4-10-18/h2-6,9-12,17H,7-8,13-16H2,1H3,(H,28,33). The van der Waals surface area contributed by atoms with E-state index in [2.05, 4.69) is 20.4 Å². The first-order valence-corrected chi connectivity index (χ1v) is 12.0. The lowest BCUT2D eigenvalue weighted by molar-refractivity contribution is -0.137. The van der Waals surface area contributed by atoms with Crippen LogP contribution in [-0.2, 0) is 24.1 Å². The van der Waals surface area contributed by atoms with Crippen molar-refractivity contribution in [2.75, 3.05) is 18.4 Å². The Morgan fingerprint density at radius 1 is 1.03 bits per heavy atom. The summed E-state index contributed by atoms with van der Waals surface area (Å²) in [5, 5.41) is 11.0. The van der Waals surface area contributed by atoms with Crippen LogP contribution in [0.5, 0.6) is 0 Å². The molecule has 2 aromatic carbocycles. The monoisotopic (exact) mass is 489 g/mol. The van der Waals surface area contributed by atoms with E-state index in [1.54, 1.807) is 6.92 Å². The summed E-state index contributed by atoms with van der Waals surface area (Å²) in [6, 6.07) is 14.9. The highest BCUT2D eigenvalue weighted by molar-refractivity contribution is 8.00. The molecule has 2 heterocycles. The Balaban J connectivity index is 1.52. The van der Waals surface area contributed by atoms with Crippen molar-refractivity contribution in [1.29, 1.82) is 0 Å². The molecular formula is C24H26F3N5OS. The quantitative estimate of drug-likeness (QED) is 0.448. The minimum absolute atomic E-state index is 0.257. The Hall–Kier alpha value is -2.85. The van der Waals surface area contributed by atoms with E-state index in [9.17, 15) is 18.0 Å². The van der Waals surface area contributed by atoms with Gasteiger partial charge in [-0.3, -0.25) is 9.69 Å². The van der Waals surface area contributed by atoms with Gasteiger partial charge < -0.3 is 9.88 Å². The average molecular weight is 490 g/mol. The van der Waals surface area contributed by atoms with Gasteiger partial charge in [0.25, 0.3) is 0 Å². The predicted octanol–water partition coefficient (Wildman–Crippen LogP) is 5.06. The fraction of sp³-hybridized carbons (Fsp3) is 0.375. The highest BCUT2D eigenvalue weighted by Crippen LogP contribution is 2.35. The van der Waals surface area contributed by atoms with E-state index in [4.69, 9.17) is 0 Å². The first-order chi connectivity index (χ1) is 16.3. The molecular weight excluding hydrogens is 463 g/mol. The number of carbonyl (C=O) groups excluding carboxylic acids is 1. The maximum atomic E-state index is 13.3. The number of nitrogens with one attached hydrogen (secondary N) is 1. The smallest absolute Gasteiger partial charge is 0.325 e. The summed E-state index contributed by atoms with van der Waals surface area (Å²) >= 11 is 1.19. The number of anilines is 1. The van der Waals surface area contributed by atoms with Crippen molar-refractivity contribution in [3.05, 3.63) is 71.5 Å². The van der Waals surface area contributed by atoms with Crippen molar-refractivity contribution >= 4 is 23.4 Å². The normalized spacial score (nSPS) is 15.4. The van der Waals surface area contributed by atoms with Gasteiger partial charge in [-0.15, -0.1) is 10.2 Å². The lowest BCUT2D eigenvalue weighted by Gasteiger charge is -2.18. The maximum absolute atomic E-state index is 13.3. The molecule has 3 aromatic rings. The van der Waals surface area contributed by atoms with E-state index in [0.29, 0.717) is 18.2 Å². The summed E-state index contributed by atoms with van der Waals surface area (Å²) < 4.78 is 41.9. The van der Waals surface area contributed by atoms with E-state index < -0.39 is 22.9 Å². The van der Waals surface area contributed by atoms with Crippen molar-refractivity contribution in [2.24, 2.45) is 0 Å². The molecule has 1 aliphatic heterocycles. The highest BCUT2D eigenvalue weighted by Gasteiger charge is 2.34. The fourth-order valence-electron chi connectivity index (χ4n) is 3.87. The summed E-state index contributed by atoms with van der Waals surface area (Å²) in [6.07, 6.45) is -2.24. The van der Waals surface area contributed by atoms with Gasteiger partial charge in [0.05, 0.1) is 29.6 Å². The molecule has 1 aliphatic rings. The van der Waals surface area contributed by atoms with Gasteiger partial charge in [0.2, 0.25) is 5.91 Å². The number of benzene rings is 2. The van der Waals surface area contributed by atoms with Gasteiger partial charge in [-0.1, -0.05) is 54.2 Å². The first kappa shape index (κ1) is 24.3. The Morgan fingerprint density at radius 2 is 1.71 bits per heavy atom. The maximum Gasteiger partial charge on any atom is 0.418 e. The number of rotatable bonds is 8. The third-order valence-corrected chi connectivity index (χ3v) is 6.76. The minimum Gasteiger partial charge on any atom is -0.325 e. The number of para-hydroxylation sites is 1. The van der Waals surface area contributed by atoms with Gasteiger partial charge in [0, 0.05) is 0 Å². The van der Waals surface area contributed by atoms with Crippen molar-refractivity contribution in [3.63, 3.8) is 0 Å². The number of aromatic nitrogens is 3. The summed E-state index contributed by atoms with van der Waals surface area (Å²) in [5.41, 5.74) is -0.0587. The average Bonchev–Trinajstić information content (AvgIpc) is 3.45. The number of hydrogen-bond donors (Lipinski definition) is 1. The summed E-state index contributed by atoms with van der Waals surface area (Å²) in [5.74, 6) is 0.278. The second kappa shape index (κ2) is 10.6. The molecule has 6 nitrogen and oxygen atoms in total.